The first kappa shape index (κ1) is 23.4. The lowest BCUT2D eigenvalue weighted by Crippen LogP contribution is -2.04. The minimum absolute atomic E-state index is 0.378. The van der Waals surface area contributed by atoms with Crippen LogP contribution in [0.15, 0.2) is 53.4 Å². The first-order chi connectivity index (χ1) is 14.6. The van der Waals surface area contributed by atoms with Gasteiger partial charge in [0, 0.05) is 9.77 Å². The molecule has 0 fully saturated rings. The molecule has 0 spiro atoms. The van der Waals surface area contributed by atoms with Gasteiger partial charge in [-0.2, -0.15) is 13.2 Å². The summed E-state index contributed by atoms with van der Waals surface area (Å²) >= 11 is 3.10. The summed E-state index contributed by atoms with van der Waals surface area (Å²) in [5.41, 5.74) is 3.21. The van der Waals surface area contributed by atoms with Crippen LogP contribution in [0, 0.1) is 13.8 Å². The van der Waals surface area contributed by atoms with Gasteiger partial charge in [0.2, 0.25) is 0 Å². The summed E-state index contributed by atoms with van der Waals surface area (Å²) in [6, 6.07) is 13.0. The van der Waals surface area contributed by atoms with Crippen molar-refractivity contribution in [1.82, 2.24) is 0 Å². The van der Waals surface area contributed by atoms with E-state index in [-0.39, 0.29) is 0 Å². The molecule has 0 aliphatic heterocycles. The molecule has 0 radical (unpaired) electrons. The number of halogens is 3. The highest BCUT2D eigenvalue weighted by Gasteiger charge is 2.30. The zero-order valence-corrected chi connectivity index (χ0v) is 18.9. The fourth-order valence-corrected chi connectivity index (χ4v) is 5.50. The number of hydrogen-bond acceptors (Lipinski definition) is 3. The van der Waals surface area contributed by atoms with E-state index >= 15 is 0 Å². The van der Waals surface area contributed by atoms with E-state index in [0.29, 0.717) is 4.88 Å². The van der Waals surface area contributed by atoms with Gasteiger partial charge in [-0.3, -0.25) is 0 Å². The fourth-order valence-electron chi connectivity index (χ4n) is 3.51. The van der Waals surface area contributed by atoms with E-state index in [9.17, 15) is 18.0 Å². The summed E-state index contributed by atoms with van der Waals surface area (Å²) in [5.74, 6) is 0.0765. The number of rotatable bonds is 8. The third-order valence-electron chi connectivity index (χ3n) is 4.97. The average Bonchev–Trinajstić information content (AvgIpc) is 3.16. The van der Waals surface area contributed by atoms with Crippen molar-refractivity contribution in [2.45, 2.75) is 44.2 Å². The van der Waals surface area contributed by atoms with Gasteiger partial charge in [0.05, 0.1) is 5.56 Å². The maximum atomic E-state index is 12.8. The van der Waals surface area contributed by atoms with E-state index in [4.69, 9.17) is 5.11 Å². The van der Waals surface area contributed by atoms with E-state index in [1.807, 2.05) is 19.9 Å². The van der Waals surface area contributed by atoms with Crippen molar-refractivity contribution in [3.8, 4) is 11.1 Å². The van der Waals surface area contributed by atoms with Crippen molar-refractivity contribution in [1.29, 1.82) is 0 Å². The number of alkyl halides is 3. The lowest BCUT2D eigenvalue weighted by molar-refractivity contribution is -0.137. The van der Waals surface area contributed by atoms with Crippen LogP contribution in [0.3, 0.4) is 0 Å². The zero-order valence-electron chi connectivity index (χ0n) is 17.3. The van der Waals surface area contributed by atoms with Crippen LogP contribution in [0.4, 0.5) is 13.2 Å². The summed E-state index contributed by atoms with van der Waals surface area (Å²) in [4.78, 5) is 13.6. The van der Waals surface area contributed by atoms with Crippen LogP contribution >= 0.6 is 23.1 Å². The SMILES string of the molecule is Cc1cc(SCCCCc2ccc(C(=O)O)s2)cc(C)c1-c1ccc(C(F)(F)F)cc1. The second-order valence-electron chi connectivity index (χ2n) is 7.38. The maximum Gasteiger partial charge on any atom is 0.416 e. The Hall–Kier alpha value is -2.25. The van der Waals surface area contributed by atoms with Gasteiger partial charge in [-0.25, -0.2) is 4.79 Å². The number of carbonyl (C=O) groups is 1. The molecule has 1 heterocycles. The highest BCUT2D eigenvalue weighted by Crippen LogP contribution is 2.35. The highest BCUT2D eigenvalue weighted by atomic mass is 32.2. The van der Waals surface area contributed by atoms with Gasteiger partial charge >= 0.3 is 12.1 Å². The molecule has 0 amide bonds. The quantitative estimate of drug-likeness (QED) is 0.272. The molecular weight excluding hydrogens is 441 g/mol. The van der Waals surface area contributed by atoms with Gasteiger partial charge in [-0.05, 0) is 97.5 Å². The number of aromatic carboxylic acids is 1. The van der Waals surface area contributed by atoms with Crippen LogP contribution in [-0.2, 0) is 12.6 Å². The third kappa shape index (κ3) is 6.14. The number of hydrogen-bond donors (Lipinski definition) is 1. The molecule has 2 aromatic carbocycles. The summed E-state index contributed by atoms with van der Waals surface area (Å²) in [7, 11) is 0. The number of carboxylic acids is 1. The predicted molar refractivity (Wildman–Crippen MR) is 121 cm³/mol. The van der Waals surface area contributed by atoms with Gasteiger partial charge in [-0.15, -0.1) is 23.1 Å². The monoisotopic (exact) mass is 464 g/mol. The van der Waals surface area contributed by atoms with Crippen LogP contribution in [-0.4, -0.2) is 16.8 Å². The average molecular weight is 465 g/mol. The van der Waals surface area contributed by atoms with Gasteiger partial charge in [0.25, 0.3) is 0 Å². The van der Waals surface area contributed by atoms with Crippen molar-refractivity contribution in [3.05, 3.63) is 75.0 Å². The molecule has 0 aliphatic carbocycles. The zero-order chi connectivity index (χ0) is 22.6. The number of aryl methyl sites for hydroxylation is 3. The number of unbranched alkanes of at least 4 members (excludes halogenated alkanes) is 1. The minimum Gasteiger partial charge on any atom is -0.477 e. The molecule has 164 valence electrons. The summed E-state index contributed by atoms with van der Waals surface area (Å²) in [5, 5.41) is 8.98. The summed E-state index contributed by atoms with van der Waals surface area (Å²) < 4.78 is 38.4. The second-order valence-corrected chi connectivity index (χ2v) is 9.72. The molecule has 0 unspecified atom stereocenters. The van der Waals surface area contributed by atoms with Gasteiger partial charge < -0.3 is 5.11 Å². The topological polar surface area (TPSA) is 37.3 Å². The van der Waals surface area contributed by atoms with E-state index in [1.165, 1.54) is 23.5 Å². The Bertz CT molecular complexity index is 1030. The van der Waals surface area contributed by atoms with E-state index in [0.717, 1.165) is 69.2 Å². The van der Waals surface area contributed by atoms with Gasteiger partial charge in [0.15, 0.2) is 0 Å². The largest absolute Gasteiger partial charge is 0.477 e. The molecule has 0 atom stereocenters. The lowest BCUT2D eigenvalue weighted by atomic mass is 9.95. The Morgan fingerprint density at radius 1 is 1.00 bits per heavy atom. The van der Waals surface area contributed by atoms with Crippen molar-refractivity contribution in [2.75, 3.05) is 5.75 Å². The first-order valence-corrected chi connectivity index (χ1v) is 11.7. The normalized spacial score (nSPS) is 11.6. The van der Waals surface area contributed by atoms with Crippen LogP contribution < -0.4 is 0 Å². The molecule has 0 saturated carbocycles. The Morgan fingerprint density at radius 3 is 2.19 bits per heavy atom. The van der Waals surface area contributed by atoms with Crippen molar-refractivity contribution < 1.29 is 23.1 Å². The molecule has 2 nitrogen and oxygen atoms in total. The minimum atomic E-state index is -4.33. The fraction of sp³-hybridized carbons (Fsp3) is 0.292. The Labute approximate surface area is 188 Å². The lowest BCUT2D eigenvalue weighted by Gasteiger charge is -2.14. The highest BCUT2D eigenvalue weighted by molar-refractivity contribution is 7.99. The number of benzene rings is 2. The Kier molecular flexibility index (Phi) is 7.49. The number of thioether (sulfide) groups is 1. The van der Waals surface area contributed by atoms with E-state index in [2.05, 4.69) is 12.1 Å². The number of thiophene rings is 1. The van der Waals surface area contributed by atoms with Crippen LogP contribution in [0.2, 0.25) is 0 Å². The molecule has 0 aliphatic rings. The van der Waals surface area contributed by atoms with Crippen molar-refractivity contribution >= 4 is 29.1 Å². The van der Waals surface area contributed by atoms with E-state index < -0.39 is 17.7 Å². The van der Waals surface area contributed by atoms with Crippen LogP contribution in [0.5, 0.6) is 0 Å². The molecular formula is C24H23F3O2S2. The molecule has 0 bridgehead atoms. The maximum absolute atomic E-state index is 12.8. The molecule has 3 aromatic rings. The molecule has 3 rings (SSSR count). The molecule has 31 heavy (non-hydrogen) atoms. The summed E-state index contributed by atoms with van der Waals surface area (Å²) in [6.07, 6.45) is -1.44. The first-order valence-electron chi connectivity index (χ1n) is 9.89. The summed E-state index contributed by atoms with van der Waals surface area (Å²) in [6.45, 7) is 3.97. The van der Waals surface area contributed by atoms with Crippen molar-refractivity contribution in [2.24, 2.45) is 0 Å². The van der Waals surface area contributed by atoms with Crippen LogP contribution in [0.1, 0.15) is 44.1 Å². The number of carboxylic acid groups (broad SMARTS) is 1. The van der Waals surface area contributed by atoms with Gasteiger partial charge in [-0.1, -0.05) is 12.1 Å². The standard InChI is InChI=1S/C24H23F3O2S2/c1-15-13-20(30-12-4-3-5-19-10-11-21(31-19)23(28)29)14-16(2)22(15)17-6-8-18(9-7-17)24(25,26)27/h6-11,13-14H,3-5,12H2,1-2H3,(H,28,29). The molecule has 7 heteroatoms. The Balaban J connectivity index is 1.57. The molecule has 1 aromatic heterocycles. The third-order valence-corrected chi connectivity index (χ3v) is 7.16. The second kappa shape index (κ2) is 9.92. The Morgan fingerprint density at radius 2 is 1.65 bits per heavy atom. The van der Waals surface area contributed by atoms with E-state index in [1.54, 1.807) is 17.8 Å². The molecule has 1 N–H and O–H groups in total. The molecule has 0 saturated heterocycles. The van der Waals surface area contributed by atoms with Crippen molar-refractivity contribution in [3.63, 3.8) is 0 Å². The predicted octanol–water partition coefficient (Wildman–Crippen LogP) is 7.86. The smallest absolute Gasteiger partial charge is 0.416 e. The van der Waals surface area contributed by atoms with Crippen LogP contribution in [0.25, 0.3) is 11.1 Å². The van der Waals surface area contributed by atoms with Gasteiger partial charge in [0.1, 0.15) is 4.88 Å².